The molecule has 6 aliphatic rings. The Bertz CT molecular complexity index is 1980. The molecule has 0 bridgehead atoms. The van der Waals surface area contributed by atoms with E-state index in [9.17, 15) is 24.6 Å². The van der Waals surface area contributed by atoms with Crippen molar-refractivity contribution >= 4 is 17.8 Å². The number of aromatic carboxylic acids is 1. The molecule has 1 aliphatic heterocycles. The SMILES string of the molecule is CC(C)C1CCC2(C(=O)NCCc3cccc(C(=O)NCc4ccc(OCCCN5CCNCC5)c(C(=O)O)c4)c3)CCC3C(CCC4C3(C)CCC3C(C)(C)C(O)CCC34C)C12. The van der Waals surface area contributed by atoms with Crippen molar-refractivity contribution < 1.29 is 29.3 Å². The van der Waals surface area contributed by atoms with Crippen LogP contribution in [0.2, 0.25) is 0 Å². The van der Waals surface area contributed by atoms with Gasteiger partial charge in [-0.15, -0.1) is 0 Å². The van der Waals surface area contributed by atoms with Crippen molar-refractivity contribution in [1.29, 1.82) is 0 Å². The summed E-state index contributed by atoms with van der Waals surface area (Å²) in [5.74, 6) is 3.29. The molecule has 10 heteroatoms. The molecule has 10 nitrogen and oxygen atoms in total. The number of nitrogens with zero attached hydrogens (tertiary/aromatic N) is 1. The van der Waals surface area contributed by atoms with Gasteiger partial charge in [-0.05, 0) is 170 Å². The van der Waals surface area contributed by atoms with Crippen LogP contribution in [0.25, 0.3) is 0 Å². The van der Waals surface area contributed by atoms with E-state index in [1.165, 1.54) is 25.7 Å². The van der Waals surface area contributed by atoms with E-state index in [-0.39, 0.29) is 51.7 Å². The number of carbonyl (C=O) groups excluding carboxylic acids is 2. The number of carboxylic acids is 1. The average molecular weight is 867 g/mol. The summed E-state index contributed by atoms with van der Waals surface area (Å²) in [6.45, 7) is 20.7. The van der Waals surface area contributed by atoms with Gasteiger partial charge < -0.3 is 35.8 Å². The van der Waals surface area contributed by atoms with Gasteiger partial charge >= 0.3 is 5.97 Å². The maximum Gasteiger partial charge on any atom is 0.339 e. The number of aliphatic hydroxyl groups excluding tert-OH is 1. The summed E-state index contributed by atoms with van der Waals surface area (Å²) in [5, 5.41) is 30.8. The number of aliphatic hydroxyl groups is 1. The first-order valence-corrected chi connectivity index (χ1v) is 24.8. The monoisotopic (exact) mass is 867 g/mol. The third kappa shape index (κ3) is 8.71. The number of hydrogen-bond donors (Lipinski definition) is 5. The Hall–Kier alpha value is -3.47. The number of carboxylic acid groups (broad SMARTS) is 1. The van der Waals surface area contributed by atoms with Crippen molar-refractivity contribution in [2.24, 2.45) is 63.1 Å². The van der Waals surface area contributed by atoms with Crippen molar-refractivity contribution in [2.45, 2.75) is 131 Å². The fraction of sp³-hybridized carbons (Fsp3) is 0.717. The quantitative estimate of drug-likeness (QED) is 0.120. The standard InChI is InChI=1S/C53H78N4O6/c1-34(2)38-15-22-53(23-16-41-39(46(38)53)12-14-44-51(41,5)20-17-43-50(3,4)45(58)18-21-52(43,44)6)49(62)55-24-19-35-9-7-10-37(31-35)47(59)56-33-36-11-13-42(40(32-36)48(60)61)63-30-8-27-57-28-25-54-26-29-57/h7,9-11,13,31-32,34,38-39,41,43-46,54,58H,8,12,14-30,33H2,1-6H3,(H,55,62)(H,56,59)(H,60,61). The van der Waals surface area contributed by atoms with Gasteiger partial charge in [-0.2, -0.15) is 0 Å². The molecule has 10 atom stereocenters. The fourth-order valence-electron chi connectivity index (χ4n) is 15.5. The third-order valence-electron chi connectivity index (χ3n) is 18.6. The lowest BCUT2D eigenvalue weighted by molar-refractivity contribution is -0.217. The zero-order valence-electron chi connectivity index (χ0n) is 39.3. The van der Waals surface area contributed by atoms with Crippen molar-refractivity contribution in [3.63, 3.8) is 0 Å². The Labute approximate surface area is 377 Å². The van der Waals surface area contributed by atoms with Crippen LogP contribution in [0.5, 0.6) is 5.75 Å². The number of fused-ring (bicyclic) bond motifs is 7. The first kappa shape index (κ1) is 46.1. The van der Waals surface area contributed by atoms with Crippen LogP contribution in [0.1, 0.15) is 144 Å². The molecule has 0 spiro atoms. The zero-order chi connectivity index (χ0) is 44.7. The highest BCUT2D eigenvalue weighted by atomic mass is 16.5. The summed E-state index contributed by atoms with van der Waals surface area (Å²) in [6.07, 6.45) is 12.5. The maximum atomic E-state index is 14.7. The van der Waals surface area contributed by atoms with Gasteiger partial charge in [0.15, 0.2) is 0 Å². The van der Waals surface area contributed by atoms with Crippen LogP contribution >= 0.6 is 0 Å². The molecule has 2 aromatic rings. The second kappa shape index (κ2) is 18.4. The molecule has 6 fully saturated rings. The number of rotatable bonds is 14. The van der Waals surface area contributed by atoms with Crippen LogP contribution in [0, 0.1) is 63.1 Å². The lowest BCUT2D eigenvalue weighted by Gasteiger charge is -2.69. The Balaban J connectivity index is 0.868. The molecule has 5 aliphatic carbocycles. The number of nitrogens with one attached hydrogen (secondary N) is 3. The minimum absolute atomic E-state index is 0.0447. The fourth-order valence-corrected chi connectivity index (χ4v) is 15.5. The van der Waals surface area contributed by atoms with Gasteiger partial charge in [0.1, 0.15) is 11.3 Å². The Kier molecular flexibility index (Phi) is 13.5. The third-order valence-corrected chi connectivity index (χ3v) is 18.6. The number of carbonyl (C=O) groups is 3. The van der Waals surface area contributed by atoms with E-state index in [1.54, 1.807) is 18.2 Å². The van der Waals surface area contributed by atoms with Crippen molar-refractivity contribution in [3.05, 3.63) is 64.7 Å². The van der Waals surface area contributed by atoms with Crippen LogP contribution in [0.3, 0.4) is 0 Å². The minimum Gasteiger partial charge on any atom is -0.493 e. The van der Waals surface area contributed by atoms with E-state index in [4.69, 9.17) is 4.74 Å². The number of amides is 2. The minimum atomic E-state index is -1.06. The smallest absolute Gasteiger partial charge is 0.339 e. The average Bonchev–Trinajstić information content (AvgIpc) is 3.68. The molecule has 1 heterocycles. The largest absolute Gasteiger partial charge is 0.493 e. The topological polar surface area (TPSA) is 140 Å². The highest BCUT2D eigenvalue weighted by molar-refractivity contribution is 5.94. The lowest BCUT2D eigenvalue weighted by Crippen LogP contribution is -2.64. The van der Waals surface area contributed by atoms with E-state index in [0.717, 1.165) is 83.2 Å². The molecule has 0 radical (unpaired) electrons. The van der Waals surface area contributed by atoms with Crippen LogP contribution < -0.4 is 20.7 Å². The van der Waals surface area contributed by atoms with Crippen LogP contribution in [-0.4, -0.2) is 84.9 Å². The normalized spacial score (nSPS) is 34.8. The van der Waals surface area contributed by atoms with Gasteiger partial charge in [-0.3, -0.25) is 9.59 Å². The zero-order valence-corrected chi connectivity index (χ0v) is 39.3. The second-order valence-corrected chi connectivity index (χ2v) is 22.4. The molecule has 0 aromatic heterocycles. The van der Waals surface area contributed by atoms with Gasteiger partial charge in [-0.25, -0.2) is 4.79 Å². The lowest BCUT2D eigenvalue weighted by atomic mass is 9.36. The molecule has 2 amide bonds. The summed E-state index contributed by atoms with van der Waals surface area (Å²) < 4.78 is 5.89. The Morgan fingerprint density at radius 1 is 0.857 bits per heavy atom. The van der Waals surface area contributed by atoms with Crippen LogP contribution in [0.15, 0.2) is 42.5 Å². The van der Waals surface area contributed by atoms with E-state index in [2.05, 4.69) is 62.4 Å². The van der Waals surface area contributed by atoms with Gasteiger partial charge in [0.25, 0.3) is 5.91 Å². The summed E-state index contributed by atoms with van der Waals surface area (Å²) in [6, 6.07) is 12.7. The summed E-state index contributed by atoms with van der Waals surface area (Å²) in [4.78, 5) is 42.6. The first-order valence-electron chi connectivity index (χ1n) is 24.8. The van der Waals surface area contributed by atoms with E-state index >= 15 is 0 Å². The van der Waals surface area contributed by atoms with Crippen molar-refractivity contribution in [2.75, 3.05) is 45.9 Å². The summed E-state index contributed by atoms with van der Waals surface area (Å²) in [5.41, 5.74) is 2.49. The Morgan fingerprint density at radius 2 is 1.62 bits per heavy atom. The summed E-state index contributed by atoms with van der Waals surface area (Å²) in [7, 11) is 0. The molecule has 5 saturated carbocycles. The second-order valence-electron chi connectivity index (χ2n) is 22.4. The molecule has 5 N–H and O–H groups in total. The number of piperazine rings is 1. The van der Waals surface area contributed by atoms with Gasteiger partial charge in [0, 0.05) is 51.4 Å². The van der Waals surface area contributed by atoms with Crippen LogP contribution in [0.4, 0.5) is 0 Å². The highest BCUT2D eigenvalue weighted by Crippen LogP contribution is 2.73. The van der Waals surface area contributed by atoms with E-state index < -0.39 is 5.97 Å². The first-order chi connectivity index (χ1) is 30.1. The van der Waals surface area contributed by atoms with Gasteiger partial charge in [0.2, 0.25) is 5.91 Å². The van der Waals surface area contributed by atoms with Crippen molar-refractivity contribution in [3.8, 4) is 5.75 Å². The molecule has 2 aromatic carbocycles. The number of hydrogen-bond acceptors (Lipinski definition) is 7. The molecule has 10 unspecified atom stereocenters. The molecule has 63 heavy (non-hydrogen) atoms. The molecular weight excluding hydrogens is 789 g/mol. The predicted molar refractivity (Wildman–Crippen MR) is 248 cm³/mol. The van der Waals surface area contributed by atoms with Crippen molar-refractivity contribution in [1.82, 2.24) is 20.9 Å². The molecule has 8 rings (SSSR count). The maximum absolute atomic E-state index is 14.7. The Morgan fingerprint density at radius 3 is 2.38 bits per heavy atom. The summed E-state index contributed by atoms with van der Waals surface area (Å²) >= 11 is 0. The number of ether oxygens (including phenoxy) is 1. The van der Waals surface area contributed by atoms with Crippen LogP contribution in [-0.2, 0) is 17.8 Å². The van der Waals surface area contributed by atoms with Gasteiger partial charge in [-0.1, -0.05) is 59.7 Å². The number of benzene rings is 2. The van der Waals surface area contributed by atoms with E-state index in [1.807, 2.05) is 24.3 Å². The molecule has 346 valence electrons. The van der Waals surface area contributed by atoms with E-state index in [0.29, 0.717) is 77.9 Å². The predicted octanol–water partition coefficient (Wildman–Crippen LogP) is 8.36. The van der Waals surface area contributed by atoms with Gasteiger partial charge in [0.05, 0.1) is 18.1 Å². The highest BCUT2D eigenvalue weighted by Gasteiger charge is 2.68. The molecular formula is C53H78N4O6. The molecule has 1 saturated heterocycles.